The predicted octanol–water partition coefficient (Wildman–Crippen LogP) is 6.53. The van der Waals surface area contributed by atoms with Gasteiger partial charge in [0.15, 0.2) is 5.16 Å². The first-order valence-corrected chi connectivity index (χ1v) is 12.6. The lowest BCUT2D eigenvalue weighted by atomic mass is 9.62. The summed E-state index contributed by atoms with van der Waals surface area (Å²) < 4.78 is 2.82. The molecule has 2 aliphatic rings. The molecule has 0 unspecified atom stereocenters. The van der Waals surface area contributed by atoms with E-state index in [-0.39, 0.29) is 11.0 Å². The highest BCUT2D eigenvalue weighted by Gasteiger charge is 2.43. The lowest BCUT2D eigenvalue weighted by Gasteiger charge is -2.42. The molecule has 0 amide bonds. The molecule has 0 N–H and O–H groups in total. The smallest absolute Gasteiger partial charge is 0.263 e. The molecule has 5 heteroatoms. The van der Waals surface area contributed by atoms with Crippen LogP contribution in [-0.2, 0) is 11.8 Å². The van der Waals surface area contributed by atoms with Crippen LogP contribution in [0, 0.1) is 0 Å². The zero-order valence-corrected chi connectivity index (χ0v) is 19.6. The van der Waals surface area contributed by atoms with Gasteiger partial charge in [0.25, 0.3) is 5.56 Å². The monoisotopic (exact) mass is 480 g/mol. The molecule has 1 heterocycles. The molecule has 1 spiro atoms. The fourth-order valence-electron chi connectivity index (χ4n) is 5.26. The van der Waals surface area contributed by atoms with Gasteiger partial charge in [-0.05, 0) is 48.8 Å². The molecule has 3 aromatic rings. The van der Waals surface area contributed by atoms with Gasteiger partial charge in [0.1, 0.15) is 0 Å². The van der Waals surface area contributed by atoms with Crippen molar-refractivity contribution < 1.29 is 0 Å². The van der Waals surface area contributed by atoms with Crippen LogP contribution >= 0.6 is 27.7 Å². The second-order valence-electron chi connectivity index (χ2n) is 8.35. The fourth-order valence-corrected chi connectivity index (χ4v) is 6.38. The average Bonchev–Trinajstić information content (AvgIpc) is 2.74. The number of aromatic nitrogens is 2. The number of thioether (sulfide) groups is 1. The topological polar surface area (TPSA) is 34.9 Å². The molecule has 2 aromatic carbocycles. The summed E-state index contributed by atoms with van der Waals surface area (Å²) in [5.74, 6) is 0.867. The first kappa shape index (κ1) is 20.1. The van der Waals surface area contributed by atoms with Crippen LogP contribution in [0.4, 0.5) is 0 Å². The Balaban J connectivity index is 1.85. The van der Waals surface area contributed by atoms with E-state index in [0.29, 0.717) is 0 Å². The number of halogens is 1. The number of hydrogen-bond acceptors (Lipinski definition) is 3. The van der Waals surface area contributed by atoms with E-state index >= 15 is 0 Å². The zero-order valence-electron chi connectivity index (χ0n) is 17.2. The first-order chi connectivity index (χ1) is 14.6. The molecule has 0 bridgehead atoms. The van der Waals surface area contributed by atoms with Crippen molar-refractivity contribution in [1.29, 1.82) is 0 Å². The number of hydrogen-bond donors (Lipinski definition) is 0. The Kier molecular flexibility index (Phi) is 5.36. The van der Waals surface area contributed by atoms with E-state index in [2.05, 4.69) is 47.1 Å². The maximum Gasteiger partial charge on any atom is 0.263 e. The highest BCUT2D eigenvalue weighted by Crippen LogP contribution is 2.49. The summed E-state index contributed by atoms with van der Waals surface area (Å²) in [4.78, 5) is 19.4. The maximum atomic E-state index is 14.2. The SMILES string of the molecule is CCSc1nc2c(c(=O)n1-c1cccc(Br)c1)C1(CCCCC1)Cc1ccccc1-2. The van der Waals surface area contributed by atoms with Gasteiger partial charge in [0.05, 0.1) is 16.9 Å². The van der Waals surface area contributed by atoms with Crippen LogP contribution in [0.2, 0.25) is 0 Å². The highest BCUT2D eigenvalue weighted by atomic mass is 79.9. The third-order valence-corrected chi connectivity index (χ3v) is 7.85. The minimum absolute atomic E-state index is 0.0881. The predicted molar refractivity (Wildman–Crippen MR) is 128 cm³/mol. The van der Waals surface area contributed by atoms with Gasteiger partial charge in [0, 0.05) is 15.5 Å². The third kappa shape index (κ3) is 3.27. The summed E-state index contributed by atoms with van der Waals surface area (Å²) in [6, 6.07) is 16.5. The van der Waals surface area contributed by atoms with Crippen LogP contribution in [0.15, 0.2) is 63.0 Å². The molecule has 1 saturated carbocycles. The van der Waals surface area contributed by atoms with Gasteiger partial charge in [-0.25, -0.2) is 4.98 Å². The van der Waals surface area contributed by atoms with Gasteiger partial charge in [0.2, 0.25) is 0 Å². The summed E-state index contributed by atoms with van der Waals surface area (Å²) in [5, 5.41) is 0.780. The fraction of sp³-hybridized carbons (Fsp3) is 0.360. The van der Waals surface area contributed by atoms with Crippen LogP contribution in [0.1, 0.15) is 50.2 Å². The van der Waals surface area contributed by atoms with Crippen LogP contribution in [0.3, 0.4) is 0 Å². The van der Waals surface area contributed by atoms with Crippen LogP contribution in [0.5, 0.6) is 0 Å². The van der Waals surface area contributed by atoms with Gasteiger partial charge in [-0.15, -0.1) is 0 Å². The molecule has 3 nitrogen and oxygen atoms in total. The van der Waals surface area contributed by atoms with Crippen molar-refractivity contribution in [2.75, 3.05) is 5.75 Å². The molecular formula is C25H25BrN2OS. The Labute approximate surface area is 190 Å². The van der Waals surface area contributed by atoms with Gasteiger partial charge in [-0.3, -0.25) is 9.36 Å². The highest BCUT2D eigenvalue weighted by molar-refractivity contribution is 9.10. The summed E-state index contributed by atoms with van der Waals surface area (Å²) >= 11 is 5.21. The van der Waals surface area contributed by atoms with Crippen molar-refractivity contribution >= 4 is 27.7 Å². The molecule has 0 radical (unpaired) electrons. The molecular weight excluding hydrogens is 456 g/mol. The van der Waals surface area contributed by atoms with E-state index in [1.165, 1.54) is 24.8 Å². The Bertz CT molecular complexity index is 1160. The third-order valence-electron chi connectivity index (χ3n) is 6.53. The molecule has 0 atom stereocenters. The molecule has 5 rings (SSSR count). The Morgan fingerprint density at radius 3 is 2.67 bits per heavy atom. The summed E-state index contributed by atoms with van der Waals surface area (Å²) in [6.07, 6.45) is 6.72. The number of fused-ring (bicyclic) bond motifs is 4. The Morgan fingerprint density at radius 2 is 1.90 bits per heavy atom. The first-order valence-electron chi connectivity index (χ1n) is 10.8. The van der Waals surface area contributed by atoms with Crippen molar-refractivity contribution in [1.82, 2.24) is 9.55 Å². The largest absolute Gasteiger partial charge is 0.268 e. The number of nitrogens with zero attached hydrogens (tertiary/aromatic N) is 2. The van der Waals surface area contributed by atoms with Gasteiger partial charge < -0.3 is 0 Å². The average molecular weight is 481 g/mol. The van der Waals surface area contributed by atoms with E-state index < -0.39 is 0 Å². The quantitative estimate of drug-likeness (QED) is 0.315. The Hall–Kier alpha value is -1.85. The van der Waals surface area contributed by atoms with Gasteiger partial charge in [-0.1, -0.05) is 84.2 Å². The number of rotatable bonds is 3. The molecule has 154 valence electrons. The van der Waals surface area contributed by atoms with Crippen molar-refractivity contribution in [2.24, 2.45) is 0 Å². The molecule has 0 aliphatic heterocycles. The zero-order chi connectivity index (χ0) is 20.7. The van der Waals surface area contributed by atoms with Crippen molar-refractivity contribution in [3.8, 4) is 16.9 Å². The molecule has 0 saturated heterocycles. The molecule has 30 heavy (non-hydrogen) atoms. The van der Waals surface area contributed by atoms with Crippen LogP contribution < -0.4 is 5.56 Å². The number of benzene rings is 2. The summed E-state index contributed by atoms with van der Waals surface area (Å²) in [6.45, 7) is 2.11. The maximum absolute atomic E-state index is 14.2. The van der Waals surface area contributed by atoms with Crippen molar-refractivity contribution in [3.05, 3.63) is 74.5 Å². The second kappa shape index (κ2) is 8.01. The van der Waals surface area contributed by atoms with Crippen LogP contribution in [0.25, 0.3) is 16.9 Å². The second-order valence-corrected chi connectivity index (χ2v) is 10.5. The lowest BCUT2D eigenvalue weighted by Crippen LogP contribution is -2.42. The van der Waals surface area contributed by atoms with E-state index in [9.17, 15) is 4.79 Å². The van der Waals surface area contributed by atoms with E-state index in [4.69, 9.17) is 4.98 Å². The van der Waals surface area contributed by atoms with Crippen molar-refractivity contribution in [3.63, 3.8) is 0 Å². The normalized spacial score (nSPS) is 16.9. The van der Waals surface area contributed by atoms with E-state index in [0.717, 1.165) is 57.2 Å². The standard InChI is InChI=1S/C25H25BrN2OS/c1-2-30-24-27-22-20-12-5-4-9-17(20)16-25(13-6-3-7-14-25)21(22)23(29)28(24)19-11-8-10-18(26)15-19/h4-5,8-12,15H,2-3,6-7,13-14,16H2,1H3. The van der Waals surface area contributed by atoms with E-state index in [1.807, 2.05) is 28.8 Å². The molecule has 2 aliphatic carbocycles. The minimum atomic E-state index is -0.0881. The molecule has 1 fully saturated rings. The van der Waals surface area contributed by atoms with Crippen molar-refractivity contribution in [2.45, 2.75) is 56.0 Å². The van der Waals surface area contributed by atoms with Gasteiger partial charge >= 0.3 is 0 Å². The molecule has 1 aromatic heterocycles. The lowest BCUT2D eigenvalue weighted by molar-refractivity contribution is 0.283. The van der Waals surface area contributed by atoms with E-state index in [1.54, 1.807) is 11.8 Å². The van der Waals surface area contributed by atoms with Crippen LogP contribution in [-0.4, -0.2) is 15.3 Å². The summed E-state index contributed by atoms with van der Waals surface area (Å²) in [7, 11) is 0. The van der Waals surface area contributed by atoms with Gasteiger partial charge in [-0.2, -0.15) is 0 Å². The summed E-state index contributed by atoms with van der Waals surface area (Å²) in [5.41, 5.74) is 5.25. The minimum Gasteiger partial charge on any atom is -0.268 e. The Morgan fingerprint density at radius 1 is 1.10 bits per heavy atom.